The third-order valence-corrected chi connectivity index (χ3v) is 5.28. The Balaban J connectivity index is 1.66. The van der Waals surface area contributed by atoms with Gasteiger partial charge in [0, 0.05) is 27.8 Å². The molecule has 0 saturated heterocycles. The van der Waals surface area contributed by atoms with E-state index in [4.69, 9.17) is 23.2 Å². The fraction of sp³-hybridized carbons (Fsp3) is 0.238. The summed E-state index contributed by atoms with van der Waals surface area (Å²) in [6, 6.07) is 15.4. The van der Waals surface area contributed by atoms with E-state index in [2.05, 4.69) is 22.5 Å². The highest BCUT2D eigenvalue weighted by Crippen LogP contribution is 2.24. The maximum Gasteiger partial charge on any atom is 0.224 e. The van der Waals surface area contributed by atoms with Gasteiger partial charge in [-0.2, -0.15) is 5.10 Å². The molecular formula is C21H21Cl2N3O. The first-order valence-corrected chi connectivity index (χ1v) is 9.47. The quantitative estimate of drug-likeness (QED) is 0.649. The maximum atomic E-state index is 12.4. The second-order valence-electron chi connectivity index (χ2n) is 6.45. The molecule has 2 aromatic carbocycles. The summed E-state index contributed by atoms with van der Waals surface area (Å²) in [5.74, 6) is -0.125. The summed E-state index contributed by atoms with van der Waals surface area (Å²) in [7, 11) is 0. The largest absolute Gasteiger partial charge is 0.352 e. The van der Waals surface area contributed by atoms with Gasteiger partial charge >= 0.3 is 0 Å². The van der Waals surface area contributed by atoms with E-state index in [0.29, 0.717) is 28.7 Å². The molecule has 1 aromatic heterocycles. The molecule has 140 valence electrons. The van der Waals surface area contributed by atoms with Crippen LogP contribution in [0.2, 0.25) is 10.0 Å². The van der Waals surface area contributed by atoms with Crippen molar-refractivity contribution in [2.45, 2.75) is 33.4 Å². The van der Waals surface area contributed by atoms with Gasteiger partial charge in [0.2, 0.25) is 5.91 Å². The van der Waals surface area contributed by atoms with Crippen LogP contribution in [0.15, 0.2) is 48.5 Å². The van der Waals surface area contributed by atoms with Gasteiger partial charge in [0.15, 0.2) is 0 Å². The van der Waals surface area contributed by atoms with Gasteiger partial charge in [-0.05, 0) is 37.1 Å². The molecule has 0 aliphatic carbocycles. The van der Waals surface area contributed by atoms with E-state index in [1.807, 2.05) is 36.7 Å². The molecule has 0 aliphatic rings. The first kappa shape index (κ1) is 19.5. The molecule has 1 heterocycles. The van der Waals surface area contributed by atoms with Gasteiger partial charge in [-0.25, -0.2) is 0 Å². The number of carbonyl (C=O) groups is 1. The fourth-order valence-electron chi connectivity index (χ4n) is 3.01. The zero-order chi connectivity index (χ0) is 19.4. The molecule has 0 fully saturated rings. The summed E-state index contributed by atoms with van der Waals surface area (Å²) < 4.78 is 1.97. The number of carbonyl (C=O) groups excluding carboxylic acids is 1. The van der Waals surface area contributed by atoms with Crippen molar-refractivity contribution in [3.63, 3.8) is 0 Å². The van der Waals surface area contributed by atoms with Gasteiger partial charge in [0.1, 0.15) is 0 Å². The molecule has 0 bridgehead atoms. The van der Waals surface area contributed by atoms with Crippen LogP contribution >= 0.6 is 23.2 Å². The number of halogens is 2. The summed E-state index contributed by atoms with van der Waals surface area (Å²) in [4.78, 5) is 12.4. The van der Waals surface area contributed by atoms with E-state index in [1.54, 1.807) is 18.2 Å². The Kier molecular flexibility index (Phi) is 6.19. The number of aromatic nitrogens is 2. The molecule has 0 radical (unpaired) electrons. The Morgan fingerprint density at radius 1 is 1.00 bits per heavy atom. The third kappa shape index (κ3) is 4.71. The van der Waals surface area contributed by atoms with E-state index in [1.165, 1.54) is 5.56 Å². The van der Waals surface area contributed by atoms with E-state index in [9.17, 15) is 4.79 Å². The van der Waals surface area contributed by atoms with Crippen molar-refractivity contribution in [1.82, 2.24) is 15.1 Å². The highest BCUT2D eigenvalue weighted by molar-refractivity contribution is 6.36. The highest BCUT2D eigenvalue weighted by atomic mass is 35.5. The molecule has 0 saturated carbocycles. The number of benzene rings is 2. The Hall–Kier alpha value is -2.30. The molecule has 0 unspecified atom stereocenters. The van der Waals surface area contributed by atoms with Crippen LogP contribution < -0.4 is 5.32 Å². The van der Waals surface area contributed by atoms with Crippen molar-refractivity contribution >= 4 is 29.1 Å². The van der Waals surface area contributed by atoms with E-state index < -0.39 is 0 Å². The lowest BCUT2D eigenvalue weighted by Gasteiger charge is -2.09. The Morgan fingerprint density at radius 3 is 2.33 bits per heavy atom. The normalized spacial score (nSPS) is 10.8. The molecule has 4 nitrogen and oxygen atoms in total. The van der Waals surface area contributed by atoms with Crippen molar-refractivity contribution in [2.75, 3.05) is 0 Å². The molecule has 0 spiro atoms. The summed E-state index contributed by atoms with van der Waals surface area (Å²) in [6.45, 7) is 5.11. The second kappa shape index (κ2) is 8.59. The third-order valence-electron chi connectivity index (χ3n) is 4.57. The molecule has 0 atom stereocenters. The molecule has 1 N–H and O–H groups in total. The van der Waals surface area contributed by atoms with Gasteiger partial charge in [0.25, 0.3) is 0 Å². The number of hydrogen-bond acceptors (Lipinski definition) is 2. The van der Waals surface area contributed by atoms with Gasteiger partial charge in [-0.15, -0.1) is 0 Å². The standard InChI is InChI=1S/C21H21Cl2N3O/c1-14-18(15(2)26(25-14)13-16-7-4-3-5-8-16)12-24-21(27)11-17-19(22)9-6-10-20(17)23/h3-10H,11-13H2,1-2H3,(H,24,27). The first-order chi connectivity index (χ1) is 13.0. The molecule has 0 aliphatic heterocycles. The number of nitrogens with one attached hydrogen (secondary N) is 1. The van der Waals surface area contributed by atoms with Crippen LogP contribution in [0.1, 0.15) is 28.1 Å². The van der Waals surface area contributed by atoms with Crippen molar-refractivity contribution < 1.29 is 4.79 Å². The van der Waals surface area contributed by atoms with Crippen molar-refractivity contribution in [1.29, 1.82) is 0 Å². The molecule has 1 amide bonds. The summed E-state index contributed by atoms with van der Waals surface area (Å²) in [5.41, 5.74) is 4.83. The minimum Gasteiger partial charge on any atom is -0.352 e. The highest BCUT2D eigenvalue weighted by Gasteiger charge is 2.15. The molecule has 3 rings (SSSR count). The number of hydrogen-bond donors (Lipinski definition) is 1. The molecule has 6 heteroatoms. The summed E-state index contributed by atoms with van der Waals surface area (Å²) in [6.07, 6.45) is 0.148. The Bertz CT molecular complexity index is 931. The number of aryl methyl sites for hydroxylation is 1. The first-order valence-electron chi connectivity index (χ1n) is 8.72. The zero-order valence-corrected chi connectivity index (χ0v) is 16.8. The lowest BCUT2D eigenvalue weighted by atomic mass is 10.1. The average Bonchev–Trinajstić information content (AvgIpc) is 2.91. The summed E-state index contributed by atoms with van der Waals surface area (Å²) in [5, 5.41) is 8.57. The second-order valence-corrected chi connectivity index (χ2v) is 7.26. The zero-order valence-electron chi connectivity index (χ0n) is 15.3. The van der Waals surface area contributed by atoms with E-state index in [-0.39, 0.29) is 12.3 Å². The van der Waals surface area contributed by atoms with Crippen molar-refractivity contribution in [3.05, 3.63) is 86.7 Å². The minimum atomic E-state index is -0.125. The number of nitrogens with zero attached hydrogens (tertiary/aromatic N) is 2. The van der Waals surface area contributed by atoms with Gasteiger partial charge < -0.3 is 5.32 Å². The average molecular weight is 402 g/mol. The van der Waals surface area contributed by atoms with Crippen LogP contribution in [0, 0.1) is 13.8 Å². The van der Waals surface area contributed by atoms with E-state index in [0.717, 1.165) is 17.0 Å². The minimum absolute atomic E-state index is 0.125. The van der Waals surface area contributed by atoms with Gasteiger partial charge in [-0.3, -0.25) is 9.48 Å². The summed E-state index contributed by atoms with van der Waals surface area (Å²) >= 11 is 12.3. The monoisotopic (exact) mass is 401 g/mol. The topological polar surface area (TPSA) is 46.9 Å². The number of rotatable bonds is 6. The maximum absolute atomic E-state index is 12.4. The SMILES string of the molecule is Cc1nn(Cc2ccccc2)c(C)c1CNC(=O)Cc1c(Cl)cccc1Cl. The predicted octanol–water partition coefficient (Wildman–Crippen LogP) is 4.71. The van der Waals surface area contributed by atoms with Crippen LogP contribution in [-0.2, 0) is 24.3 Å². The van der Waals surface area contributed by atoms with Gasteiger partial charge in [0.05, 0.1) is 18.7 Å². The molecular weight excluding hydrogens is 381 g/mol. The van der Waals surface area contributed by atoms with Crippen LogP contribution in [-0.4, -0.2) is 15.7 Å². The van der Waals surface area contributed by atoms with Crippen molar-refractivity contribution in [2.24, 2.45) is 0 Å². The fourth-order valence-corrected chi connectivity index (χ4v) is 3.54. The lowest BCUT2D eigenvalue weighted by Crippen LogP contribution is -2.25. The van der Waals surface area contributed by atoms with Crippen LogP contribution in [0.4, 0.5) is 0 Å². The lowest BCUT2D eigenvalue weighted by molar-refractivity contribution is -0.120. The van der Waals surface area contributed by atoms with Gasteiger partial charge in [-0.1, -0.05) is 59.6 Å². The van der Waals surface area contributed by atoms with Crippen molar-refractivity contribution in [3.8, 4) is 0 Å². The van der Waals surface area contributed by atoms with Crippen LogP contribution in [0.5, 0.6) is 0 Å². The predicted molar refractivity (Wildman–Crippen MR) is 109 cm³/mol. The van der Waals surface area contributed by atoms with E-state index >= 15 is 0 Å². The van der Waals surface area contributed by atoms with Crippen LogP contribution in [0.3, 0.4) is 0 Å². The smallest absolute Gasteiger partial charge is 0.224 e. The Morgan fingerprint density at radius 2 is 1.67 bits per heavy atom. The number of amides is 1. The molecule has 3 aromatic rings. The Labute approximate surface area is 169 Å². The molecule has 27 heavy (non-hydrogen) atoms. The van der Waals surface area contributed by atoms with Crippen LogP contribution in [0.25, 0.3) is 0 Å².